The van der Waals surface area contributed by atoms with Crippen molar-refractivity contribution in [1.29, 1.82) is 0 Å². The van der Waals surface area contributed by atoms with Crippen LogP contribution in [0.15, 0.2) is 66.8 Å². The normalized spacial score (nSPS) is 22.4. The molecule has 0 fully saturated rings. The van der Waals surface area contributed by atoms with Crippen molar-refractivity contribution in [1.82, 2.24) is 5.32 Å². The number of para-hydroxylation sites is 1. The average Bonchev–Trinajstić information content (AvgIpc) is 2.70. The fourth-order valence-electron chi connectivity index (χ4n) is 2.96. The number of hydrogen-bond acceptors (Lipinski definition) is 4. The van der Waals surface area contributed by atoms with Crippen molar-refractivity contribution in [2.45, 2.75) is 10.7 Å². The molecule has 3 rings (SSSR count). The van der Waals surface area contributed by atoms with E-state index in [1.807, 2.05) is 5.32 Å². The maximum absolute atomic E-state index is 14.8. The van der Waals surface area contributed by atoms with E-state index in [-0.39, 0.29) is 16.8 Å². The van der Waals surface area contributed by atoms with Gasteiger partial charge in [-0.3, -0.25) is 4.79 Å². The Balaban J connectivity index is 2.01. The van der Waals surface area contributed by atoms with Crippen molar-refractivity contribution in [2.24, 2.45) is 5.73 Å². The molecule has 0 aromatic heterocycles. The van der Waals surface area contributed by atoms with Crippen LogP contribution in [-0.2, 0) is 0 Å². The molecule has 2 aromatic carbocycles. The minimum Gasteiger partial charge on any atom is -0.357 e. The number of rotatable bonds is 4. The van der Waals surface area contributed by atoms with Crippen molar-refractivity contribution < 1.29 is 23.5 Å². The fraction of sp³-hybridized carbons (Fsp3) is 0.0952. The topological polar surface area (TPSA) is 104 Å². The molecule has 0 heterocycles. The van der Waals surface area contributed by atoms with E-state index >= 15 is 0 Å². The van der Waals surface area contributed by atoms with Gasteiger partial charge in [-0.05, 0) is 35.9 Å². The van der Waals surface area contributed by atoms with Crippen LogP contribution in [0.2, 0.25) is 0 Å². The van der Waals surface area contributed by atoms with E-state index in [9.17, 15) is 23.5 Å². The van der Waals surface area contributed by atoms with Gasteiger partial charge in [0.1, 0.15) is 10.8 Å². The Kier molecular flexibility index (Phi) is 6.21. The number of anilines is 1. The molecule has 0 aliphatic heterocycles. The van der Waals surface area contributed by atoms with E-state index in [0.29, 0.717) is 5.56 Å². The zero-order chi connectivity index (χ0) is 22.8. The number of carbonyl (C=O) groups excluding carboxylic acids is 2. The number of alkyl halides is 2. The zero-order valence-corrected chi connectivity index (χ0v) is 17.3. The molecule has 0 bridgehead atoms. The lowest BCUT2D eigenvalue weighted by Gasteiger charge is -2.36. The molecule has 6 nitrogen and oxygen atoms in total. The zero-order valence-electron chi connectivity index (χ0n) is 15.7. The summed E-state index contributed by atoms with van der Waals surface area (Å²) < 4.78 is 28.7. The molecule has 0 radical (unpaired) electrons. The highest BCUT2D eigenvalue weighted by molar-refractivity contribution is 7.80. The van der Waals surface area contributed by atoms with Crippen LogP contribution in [-0.4, -0.2) is 32.8 Å². The third-order valence-electron chi connectivity index (χ3n) is 4.52. The molecule has 2 aromatic rings. The molecule has 1 aliphatic rings. The average molecular weight is 464 g/mol. The van der Waals surface area contributed by atoms with Crippen LogP contribution < -0.4 is 16.4 Å². The Labute approximate surface area is 186 Å². The molecule has 3 amide bonds. The number of nitrogens with one attached hydrogen (secondary N) is 2. The minimum absolute atomic E-state index is 0.165. The van der Waals surface area contributed by atoms with Gasteiger partial charge in [0.05, 0.1) is 5.56 Å². The molecule has 0 spiro atoms. The highest BCUT2D eigenvalue weighted by Crippen LogP contribution is 2.42. The van der Waals surface area contributed by atoms with Gasteiger partial charge in [-0.15, -0.1) is 11.6 Å². The molecule has 10 heteroatoms. The molecule has 0 saturated heterocycles. The lowest BCUT2D eigenvalue weighted by atomic mass is 9.87. The molecule has 0 saturated carbocycles. The number of hydrogen-bond donors (Lipinski definition) is 4. The molecule has 2 atom stereocenters. The number of aliphatic hydroxyl groups is 1. The summed E-state index contributed by atoms with van der Waals surface area (Å²) in [5.74, 6) is -4.53. The molecule has 1 aliphatic carbocycles. The Morgan fingerprint density at radius 1 is 1.13 bits per heavy atom. The van der Waals surface area contributed by atoms with Crippen LogP contribution in [0.25, 0.3) is 5.57 Å². The molecule has 2 unspecified atom stereocenters. The smallest absolute Gasteiger partial charge is 0.317 e. The summed E-state index contributed by atoms with van der Waals surface area (Å²) in [4.78, 5) is 20.8. The fourth-order valence-corrected chi connectivity index (χ4v) is 3.49. The third kappa shape index (κ3) is 4.48. The predicted molar refractivity (Wildman–Crippen MR) is 118 cm³/mol. The van der Waals surface area contributed by atoms with Gasteiger partial charge in [-0.1, -0.05) is 48.6 Å². The lowest BCUT2D eigenvalue weighted by Crippen LogP contribution is -2.56. The highest BCUT2D eigenvalue weighted by Gasteiger charge is 2.53. The van der Waals surface area contributed by atoms with Gasteiger partial charge in [0.15, 0.2) is 4.87 Å². The van der Waals surface area contributed by atoms with E-state index in [2.05, 4.69) is 5.32 Å². The van der Waals surface area contributed by atoms with Crippen molar-refractivity contribution in [3.8, 4) is 0 Å². The lowest BCUT2D eigenvalue weighted by molar-refractivity contribution is -0.0486. The second-order valence-corrected chi connectivity index (χ2v) is 7.62. The number of thiocarbonyl (C=S) groups is 1. The number of carbonyl (C=O) groups is 2. The summed E-state index contributed by atoms with van der Waals surface area (Å²) in [5, 5.41) is 14.7. The Morgan fingerprint density at radius 2 is 1.77 bits per heavy atom. The van der Waals surface area contributed by atoms with Crippen LogP contribution in [0.3, 0.4) is 0 Å². The first-order valence-electron chi connectivity index (χ1n) is 8.83. The van der Waals surface area contributed by atoms with Crippen molar-refractivity contribution in [3.05, 3.63) is 83.7 Å². The quantitative estimate of drug-likeness (QED) is 0.410. The number of urea groups is 1. The number of allylic oxidation sites excluding steroid dienone is 2. The number of primary amides is 1. The summed E-state index contributed by atoms with van der Waals surface area (Å²) in [5.41, 5.74) is 5.78. The number of amides is 3. The summed E-state index contributed by atoms with van der Waals surface area (Å²) in [7, 11) is 0. The van der Waals surface area contributed by atoms with E-state index in [1.165, 1.54) is 24.3 Å². The monoisotopic (exact) mass is 463 g/mol. The number of benzene rings is 2. The van der Waals surface area contributed by atoms with Gasteiger partial charge in [-0.25, -0.2) is 13.6 Å². The van der Waals surface area contributed by atoms with E-state index < -0.39 is 33.5 Å². The predicted octanol–water partition coefficient (Wildman–Crippen LogP) is 3.66. The van der Waals surface area contributed by atoms with Gasteiger partial charge in [0, 0.05) is 11.3 Å². The van der Waals surface area contributed by atoms with Crippen LogP contribution >= 0.6 is 23.8 Å². The Morgan fingerprint density at radius 3 is 2.45 bits per heavy atom. The Bertz CT molecular complexity index is 1140. The standard InChI is InChI=1S/C21H16ClF2N3O3S/c22-20(18(31)27-19(25)29)11-12(9-10-21(20,24)30)13-5-2-4-8-16(13)26-17(28)14-6-1-3-7-15(14)23/h1-11,30H,(H,26,28)(H3,25,27,29,31). The van der Waals surface area contributed by atoms with Crippen LogP contribution in [0.4, 0.5) is 19.3 Å². The minimum atomic E-state index is -3.14. The van der Waals surface area contributed by atoms with Gasteiger partial charge in [0.2, 0.25) is 0 Å². The van der Waals surface area contributed by atoms with Gasteiger partial charge in [0.25, 0.3) is 11.8 Å². The maximum atomic E-state index is 14.8. The van der Waals surface area contributed by atoms with Crippen LogP contribution in [0.1, 0.15) is 15.9 Å². The van der Waals surface area contributed by atoms with Crippen molar-refractivity contribution in [3.63, 3.8) is 0 Å². The van der Waals surface area contributed by atoms with Gasteiger partial charge in [-0.2, -0.15) is 0 Å². The second kappa shape index (κ2) is 8.54. The maximum Gasteiger partial charge on any atom is 0.317 e. The Hall–Kier alpha value is -3.14. The van der Waals surface area contributed by atoms with Crippen LogP contribution in [0, 0.1) is 5.82 Å². The first-order valence-corrected chi connectivity index (χ1v) is 9.62. The molecular weight excluding hydrogens is 448 g/mol. The molecule has 31 heavy (non-hydrogen) atoms. The number of nitrogens with two attached hydrogens (primary N) is 1. The highest BCUT2D eigenvalue weighted by atomic mass is 35.5. The van der Waals surface area contributed by atoms with Crippen molar-refractivity contribution in [2.75, 3.05) is 5.32 Å². The van der Waals surface area contributed by atoms with E-state index in [0.717, 1.165) is 18.2 Å². The second-order valence-electron chi connectivity index (χ2n) is 6.62. The summed E-state index contributed by atoms with van der Waals surface area (Å²) in [6, 6.07) is 10.8. The first-order chi connectivity index (χ1) is 14.5. The number of halogens is 3. The largest absolute Gasteiger partial charge is 0.357 e. The molecular formula is C21H16ClF2N3O3S. The first kappa shape index (κ1) is 22.5. The summed E-state index contributed by atoms with van der Waals surface area (Å²) in [6.45, 7) is 0. The van der Waals surface area contributed by atoms with Crippen LogP contribution in [0.5, 0.6) is 0 Å². The van der Waals surface area contributed by atoms with Gasteiger partial charge < -0.3 is 21.5 Å². The van der Waals surface area contributed by atoms with Gasteiger partial charge >= 0.3 is 6.03 Å². The van der Waals surface area contributed by atoms with Crippen molar-refractivity contribution >= 4 is 52.0 Å². The SMILES string of the molecule is NC(=O)NC(=S)C1(Cl)C=C(c2ccccc2NC(=O)c2ccccc2F)C=CC1(O)F. The molecule has 160 valence electrons. The summed E-state index contributed by atoms with van der Waals surface area (Å²) in [6.07, 6.45) is 3.10. The van der Waals surface area contributed by atoms with E-state index in [1.54, 1.807) is 24.3 Å². The van der Waals surface area contributed by atoms with E-state index in [4.69, 9.17) is 29.6 Å². The summed E-state index contributed by atoms with van der Waals surface area (Å²) >= 11 is 11.2. The molecule has 5 N–H and O–H groups in total. The third-order valence-corrected chi connectivity index (χ3v) is 5.62.